The molecule has 54 heavy (non-hydrogen) atoms. The minimum absolute atomic E-state index is 0.00704. The van der Waals surface area contributed by atoms with E-state index in [4.69, 9.17) is 21.5 Å². The first-order valence-corrected chi connectivity index (χ1v) is 21.7. The van der Waals surface area contributed by atoms with Crippen molar-refractivity contribution in [2.75, 3.05) is 13.2 Å². The Labute approximate surface area is 324 Å². The van der Waals surface area contributed by atoms with Crippen LogP contribution in [-0.2, 0) is 37.3 Å². The summed E-state index contributed by atoms with van der Waals surface area (Å²) >= 11 is 6.76. The summed E-state index contributed by atoms with van der Waals surface area (Å²) in [6.45, 7) is 9.10. The quantitative estimate of drug-likeness (QED) is 0.156. The first-order valence-electron chi connectivity index (χ1n) is 18.9. The van der Waals surface area contributed by atoms with E-state index in [0.29, 0.717) is 31.9 Å². The fourth-order valence-corrected chi connectivity index (χ4v) is 11.9. The van der Waals surface area contributed by atoms with Crippen molar-refractivity contribution in [3.05, 3.63) is 132 Å². The second-order valence-electron chi connectivity index (χ2n) is 15.3. The van der Waals surface area contributed by atoms with E-state index < -0.39 is 24.2 Å². The third-order valence-electron chi connectivity index (χ3n) is 10.5. The van der Waals surface area contributed by atoms with Crippen molar-refractivity contribution in [2.45, 2.75) is 83.2 Å². The van der Waals surface area contributed by atoms with Crippen LogP contribution in [0.2, 0.25) is 0 Å². The molecule has 0 bridgehead atoms. The maximum absolute atomic E-state index is 14.6. The Morgan fingerprint density at radius 3 is 1.96 bits per heavy atom. The van der Waals surface area contributed by atoms with Crippen molar-refractivity contribution >= 4 is 52.1 Å². The van der Waals surface area contributed by atoms with Gasteiger partial charge in [0.25, 0.3) is 0 Å². The van der Waals surface area contributed by atoms with E-state index >= 15 is 0 Å². The van der Waals surface area contributed by atoms with E-state index in [2.05, 4.69) is 67.8 Å². The number of carbonyl (C=O) groups is 3. The molecule has 10 heteroatoms. The first kappa shape index (κ1) is 39.1. The van der Waals surface area contributed by atoms with Crippen LogP contribution in [0.1, 0.15) is 63.7 Å². The third-order valence-corrected chi connectivity index (χ3v) is 16.0. The average Bonchev–Trinajstić information content (AvgIpc) is 3.90. The maximum atomic E-state index is 14.6. The largest absolute Gasteiger partial charge is 0.477 e. The summed E-state index contributed by atoms with van der Waals surface area (Å²) in [5.74, 6) is -0.310. The zero-order valence-corrected chi connectivity index (χ0v) is 33.3. The minimum atomic E-state index is -2.59. The average molecular weight is 763 g/mol. The van der Waals surface area contributed by atoms with Gasteiger partial charge in [0, 0.05) is 31.1 Å². The molecule has 2 N–H and O–H groups in total. The summed E-state index contributed by atoms with van der Waals surface area (Å²) in [6.07, 6.45) is 1.63. The van der Waals surface area contributed by atoms with Crippen LogP contribution in [0.25, 0.3) is 0 Å². The molecule has 4 aromatic rings. The number of nitrogens with zero attached hydrogens (tertiary/aromatic N) is 2. The fraction of sp³-hybridized carbons (Fsp3) is 0.364. The Bertz CT molecular complexity index is 1930. The molecule has 2 aliphatic rings. The lowest BCUT2D eigenvalue weighted by molar-refractivity contribution is -0.139. The molecule has 8 nitrogen and oxygen atoms in total. The molecule has 3 amide bonds. The van der Waals surface area contributed by atoms with Crippen LogP contribution in [0.3, 0.4) is 0 Å². The van der Waals surface area contributed by atoms with E-state index in [1.807, 2.05) is 91.9 Å². The highest BCUT2D eigenvalue weighted by molar-refractivity contribution is 8.22. The molecule has 2 heterocycles. The molecule has 0 unspecified atom stereocenters. The van der Waals surface area contributed by atoms with E-state index in [1.54, 1.807) is 4.90 Å². The Hall–Kier alpha value is -4.59. The lowest BCUT2D eigenvalue weighted by atomic mass is 9.88. The van der Waals surface area contributed by atoms with Crippen molar-refractivity contribution < 1.29 is 19.1 Å². The number of hydrogen-bond acceptors (Lipinski definition) is 6. The second-order valence-corrected chi connectivity index (χ2v) is 20.0. The molecule has 4 aromatic carbocycles. The summed E-state index contributed by atoms with van der Waals surface area (Å²) in [4.78, 5) is 49.1. The predicted molar refractivity (Wildman–Crippen MR) is 221 cm³/mol. The number of carbonyl (C=O) groups excluding carboxylic acids is 3. The van der Waals surface area contributed by atoms with Crippen molar-refractivity contribution in [3.63, 3.8) is 0 Å². The molecule has 0 spiro atoms. The summed E-state index contributed by atoms with van der Waals surface area (Å²) < 4.78 is 5.90. The SMILES string of the molecule is C[C@H](NC(=O)[C@@H](Cc1ccccc1)NC(=O)[C@@H]1CCCN1C(=O)C[C@@H](c1ccccc1)P(=S)(c1ccccc1)c1ccccc1)C1=N[C@@H](C(C)(C)C)CO1. The summed E-state index contributed by atoms with van der Waals surface area (Å²) in [6, 6.07) is 35.3. The highest BCUT2D eigenvalue weighted by atomic mass is 32.4. The molecule has 5 atom stereocenters. The number of ether oxygens (including phenoxy) is 1. The standard InChI is InChI=1S/C44H51N4O4PS/c1-31(43-47-39(30-52-43)44(2,3)4)45-41(50)36(28-32-18-9-5-10-19-32)46-42(51)37-26-17-27-48(37)40(49)29-38(33-20-11-6-12-21-33)53(54,34-22-13-7-14-23-34)35-24-15-8-16-25-35/h5-16,18-25,31,36-39H,17,26-30H2,1-4H3,(H,45,50)(H,46,51)/t31-,36+,37-,38-,39+/m0/s1. The molecule has 0 radical (unpaired) electrons. The molecule has 1 fully saturated rings. The van der Waals surface area contributed by atoms with Crippen LogP contribution in [0.4, 0.5) is 0 Å². The molecule has 282 valence electrons. The van der Waals surface area contributed by atoms with Gasteiger partial charge in [0.15, 0.2) is 0 Å². The number of aliphatic imine (C=N–C) groups is 1. The lowest BCUT2D eigenvalue weighted by Gasteiger charge is -2.34. The molecule has 0 aromatic heterocycles. The summed E-state index contributed by atoms with van der Waals surface area (Å²) in [7, 11) is 0. The van der Waals surface area contributed by atoms with Gasteiger partial charge in [-0.15, -0.1) is 0 Å². The van der Waals surface area contributed by atoms with Gasteiger partial charge in [-0.2, -0.15) is 0 Å². The van der Waals surface area contributed by atoms with Crippen molar-refractivity contribution in [1.29, 1.82) is 0 Å². The van der Waals surface area contributed by atoms with E-state index in [-0.39, 0.29) is 47.7 Å². The zero-order chi connectivity index (χ0) is 38.3. The number of hydrogen-bond donors (Lipinski definition) is 2. The topological polar surface area (TPSA) is 100 Å². The van der Waals surface area contributed by atoms with E-state index in [1.165, 1.54) is 0 Å². The van der Waals surface area contributed by atoms with Gasteiger partial charge in [-0.3, -0.25) is 14.4 Å². The van der Waals surface area contributed by atoms with Gasteiger partial charge in [0.1, 0.15) is 24.7 Å². The van der Waals surface area contributed by atoms with Gasteiger partial charge in [-0.05, 0) is 46.9 Å². The van der Waals surface area contributed by atoms with Crippen LogP contribution in [0, 0.1) is 5.41 Å². The summed E-state index contributed by atoms with van der Waals surface area (Å²) in [5.41, 5.74) is 1.54. The highest BCUT2D eigenvalue weighted by Crippen LogP contribution is 2.59. The zero-order valence-electron chi connectivity index (χ0n) is 31.6. The van der Waals surface area contributed by atoms with Gasteiger partial charge in [-0.1, -0.05) is 154 Å². The molecule has 2 aliphatic heterocycles. The lowest BCUT2D eigenvalue weighted by Crippen LogP contribution is -2.55. The van der Waals surface area contributed by atoms with Gasteiger partial charge in [0.05, 0.1) is 6.04 Å². The van der Waals surface area contributed by atoms with Crippen molar-refractivity contribution in [1.82, 2.24) is 15.5 Å². The van der Waals surface area contributed by atoms with Crippen LogP contribution < -0.4 is 21.2 Å². The molecular weight excluding hydrogens is 712 g/mol. The fourth-order valence-electron chi connectivity index (χ4n) is 7.34. The van der Waals surface area contributed by atoms with Crippen LogP contribution in [0.5, 0.6) is 0 Å². The highest BCUT2D eigenvalue weighted by Gasteiger charge is 2.41. The molecule has 1 saturated heterocycles. The van der Waals surface area contributed by atoms with Crippen LogP contribution in [0.15, 0.2) is 126 Å². The number of likely N-dealkylation sites (tertiary alicyclic amines) is 1. The smallest absolute Gasteiger partial charge is 0.243 e. The van der Waals surface area contributed by atoms with E-state index in [9.17, 15) is 14.4 Å². The molecule has 0 aliphatic carbocycles. The van der Waals surface area contributed by atoms with Crippen molar-refractivity contribution in [2.24, 2.45) is 10.4 Å². The van der Waals surface area contributed by atoms with Crippen LogP contribution >= 0.6 is 6.04 Å². The normalized spacial score (nSPS) is 18.9. The summed E-state index contributed by atoms with van der Waals surface area (Å²) in [5, 5.41) is 8.16. The monoisotopic (exact) mass is 762 g/mol. The van der Waals surface area contributed by atoms with Crippen LogP contribution in [-0.4, -0.2) is 65.8 Å². The van der Waals surface area contributed by atoms with Gasteiger partial charge >= 0.3 is 0 Å². The third kappa shape index (κ3) is 9.02. The molecular formula is C44H51N4O4PS. The number of rotatable bonds is 13. The van der Waals surface area contributed by atoms with Gasteiger partial charge in [0.2, 0.25) is 23.6 Å². The Morgan fingerprint density at radius 2 is 1.41 bits per heavy atom. The molecule has 6 rings (SSSR count). The second kappa shape index (κ2) is 17.3. The Kier molecular flexibility index (Phi) is 12.5. The Balaban J connectivity index is 1.24. The number of nitrogens with one attached hydrogen (secondary N) is 2. The predicted octanol–water partition coefficient (Wildman–Crippen LogP) is 6.31. The minimum Gasteiger partial charge on any atom is -0.477 e. The van der Waals surface area contributed by atoms with Gasteiger partial charge < -0.3 is 20.3 Å². The number of benzene rings is 4. The van der Waals surface area contributed by atoms with Crippen molar-refractivity contribution in [3.8, 4) is 0 Å². The van der Waals surface area contributed by atoms with Gasteiger partial charge in [-0.25, -0.2) is 4.99 Å². The van der Waals surface area contributed by atoms with E-state index in [0.717, 1.165) is 21.7 Å². The molecule has 0 saturated carbocycles. The Morgan fingerprint density at radius 1 is 0.852 bits per heavy atom. The number of amides is 3. The first-order chi connectivity index (χ1) is 25.9. The maximum Gasteiger partial charge on any atom is 0.243 e.